The quantitative estimate of drug-likeness (QED) is 0.616. The minimum atomic E-state index is -0.154. The van der Waals surface area contributed by atoms with Crippen LogP contribution in [0.2, 0.25) is 0 Å². The average Bonchev–Trinajstić information content (AvgIpc) is 3.26. The first-order chi connectivity index (χ1) is 16.2. The maximum absolute atomic E-state index is 12.8. The molecule has 0 aliphatic carbocycles. The standard InChI is InChI=1S/C27H27N3O3/c31-26(13-14-27(32)30-17-18-33-25-12-6-5-11-24(25)30)28-22-9-3-1-8-21(22)19-29-16-15-20-7-2-4-10-23(20)29/h1-12H,13-19H2,(H,28,31). The Kier molecular flexibility index (Phi) is 5.98. The number of rotatable bonds is 6. The van der Waals surface area contributed by atoms with Gasteiger partial charge in [0, 0.05) is 37.3 Å². The van der Waals surface area contributed by atoms with E-state index in [1.54, 1.807) is 4.90 Å². The van der Waals surface area contributed by atoms with Crippen LogP contribution in [0.25, 0.3) is 0 Å². The molecule has 0 bridgehead atoms. The molecule has 2 aliphatic rings. The number of fused-ring (bicyclic) bond motifs is 2. The highest BCUT2D eigenvalue weighted by molar-refractivity contribution is 5.99. The lowest BCUT2D eigenvalue weighted by molar-refractivity contribution is -0.122. The summed E-state index contributed by atoms with van der Waals surface area (Å²) in [4.78, 5) is 29.6. The molecule has 2 aliphatic heterocycles. The van der Waals surface area contributed by atoms with Crippen molar-refractivity contribution in [2.75, 3.05) is 34.8 Å². The molecule has 0 saturated carbocycles. The van der Waals surface area contributed by atoms with E-state index < -0.39 is 0 Å². The Morgan fingerprint density at radius 3 is 2.52 bits per heavy atom. The van der Waals surface area contributed by atoms with Crippen LogP contribution >= 0.6 is 0 Å². The third-order valence-corrected chi connectivity index (χ3v) is 6.23. The van der Waals surface area contributed by atoms with Gasteiger partial charge in [0.2, 0.25) is 11.8 Å². The number of nitrogens with zero attached hydrogens (tertiary/aromatic N) is 2. The van der Waals surface area contributed by atoms with Gasteiger partial charge in [0.1, 0.15) is 12.4 Å². The zero-order valence-electron chi connectivity index (χ0n) is 18.5. The largest absolute Gasteiger partial charge is 0.490 e. The van der Waals surface area contributed by atoms with Gasteiger partial charge in [-0.25, -0.2) is 0 Å². The zero-order chi connectivity index (χ0) is 22.6. The fourth-order valence-corrected chi connectivity index (χ4v) is 4.55. The van der Waals surface area contributed by atoms with Gasteiger partial charge in [-0.2, -0.15) is 0 Å². The van der Waals surface area contributed by atoms with Gasteiger partial charge < -0.3 is 19.9 Å². The predicted molar refractivity (Wildman–Crippen MR) is 130 cm³/mol. The van der Waals surface area contributed by atoms with Crippen molar-refractivity contribution in [3.05, 3.63) is 83.9 Å². The lowest BCUT2D eigenvalue weighted by atomic mass is 10.1. The molecule has 2 amide bonds. The van der Waals surface area contributed by atoms with Crippen LogP contribution in [0.4, 0.5) is 17.1 Å². The summed E-state index contributed by atoms with van der Waals surface area (Å²) >= 11 is 0. The van der Waals surface area contributed by atoms with E-state index in [9.17, 15) is 9.59 Å². The maximum Gasteiger partial charge on any atom is 0.227 e. The highest BCUT2D eigenvalue weighted by Gasteiger charge is 2.24. The summed E-state index contributed by atoms with van der Waals surface area (Å²) < 4.78 is 5.62. The fraction of sp³-hybridized carbons (Fsp3) is 0.259. The molecule has 0 spiro atoms. The Bertz CT molecular complexity index is 1180. The van der Waals surface area contributed by atoms with Crippen molar-refractivity contribution < 1.29 is 14.3 Å². The number of hydrogen-bond acceptors (Lipinski definition) is 4. The molecule has 2 heterocycles. The molecule has 0 radical (unpaired) electrons. The minimum Gasteiger partial charge on any atom is -0.490 e. The van der Waals surface area contributed by atoms with E-state index >= 15 is 0 Å². The van der Waals surface area contributed by atoms with E-state index in [-0.39, 0.29) is 24.7 Å². The maximum atomic E-state index is 12.8. The molecule has 6 nitrogen and oxygen atoms in total. The number of anilines is 3. The van der Waals surface area contributed by atoms with Gasteiger partial charge in [-0.3, -0.25) is 9.59 Å². The Morgan fingerprint density at radius 1 is 0.848 bits per heavy atom. The van der Waals surface area contributed by atoms with Crippen molar-refractivity contribution in [2.45, 2.75) is 25.8 Å². The SMILES string of the molecule is O=C(CCC(=O)N1CCOc2ccccc21)Nc1ccccc1CN1CCc2ccccc21. The monoisotopic (exact) mass is 441 g/mol. The number of hydrogen-bond donors (Lipinski definition) is 1. The first kappa shape index (κ1) is 21.1. The molecular weight excluding hydrogens is 414 g/mol. The molecule has 0 saturated heterocycles. The second-order valence-electron chi connectivity index (χ2n) is 8.37. The van der Waals surface area contributed by atoms with Crippen LogP contribution in [0.15, 0.2) is 72.8 Å². The van der Waals surface area contributed by atoms with Crippen LogP contribution in [0.3, 0.4) is 0 Å². The number of carbonyl (C=O) groups excluding carboxylic acids is 2. The molecule has 5 rings (SSSR count). The second kappa shape index (κ2) is 9.36. The number of benzene rings is 3. The van der Waals surface area contributed by atoms with Gasteiger partial charge in [-0.15, -0.1) is 0 Å². The number of amides is 2. The van der Waals surface area contributed by atoms with Crippen LogP contribution in [-0.4, -0.2) is 31.5 Å². The molecule has 3 aromatic carbocycles. The molecule has 1 N–H and O–H groups in total. The summed E-state index contributed by atoms with van der Waals surface area (Å²) in [6.07, 6.45) is 1.33. The Balaban J connectivity index is 1.20. The van der Waals surface area contributed by atoms with Gasteiger partial charge in [-0.1, -0.05) is 48.5 Å². The van der Waals surface area contributed by atoms with Gasteiger partial charge in [0.15, 0.2) is 0 Å². The molecular formula is C27H27N3O3. The smallest absolute Gasteiger partial charge is 0.227 e. The lowest BCUT2D eigenvalue weighted by Crippen LogP contribution is -2.38. The third kappa shape index (κ3) is 4.55. The Morgan fingerprint density at radius 2 is 1.61 bits per heavy atom. The van der Waals surface area contributed by atoms with E-state index in [1.807, 2.05) is 48.5 Å². The lowest BCUT2D eigenvalue weighted by Gasteiger charge is -2.29. The molecule has 0 unspecified atom stereocenters. The molecule has 168 valence electrons. The van der Waals surface area contributed by atoms with E-state index in [1.165, 1.54) is 11.3 Å². The second-order valence-corrected chi connectivity index (χ2v) is 8.37. The highest BCUT2D eigenvalue weighted by atomic mass is 16.5. The van der Waals surface area contributed by atoms with Crippen LogP contribution in [0.1, 0.15) is 24.0 Å². The van der Waals surface area contributed by atoms with Crippen molar-refractivity contribution in [1.29, 1.82) is 0 Å². The topological polar surface area (TPSA) is 61.9 Å². The summed E-state index contributed by atoms with van der Waals surface area (Å²) in [5, 5.41) is 3.02. The van der Waals surface area contributed by atoms with Crippen LogP contribution in [-0.2, 0) is 22.6 Å². The minimum absolute atomic E-state index is 0.0668. The summed E-state index contributed by atoms with van der Waals surface area (Å²) in [6, 6.07) is 23.9. The molecule has 0 atom stereocenters. The van der Waals surface area contributed by atoms with Crippen molar-refractivity contribution >= 4 is 28.9 Å². The van der Waals surface area contributed by atoms with Gasteiger partial charge in [0.25, 0.3) is 0 Å². The first-order valence-corrected chi connectivity index (χ1v) is 11.4. The van der Waals surface area contributed by atoms with Crippen LogP contribution in [0.5, 0.6) is 5.75 Å². The van der Waals surface area contributed by atoms with Crippen molar-refractivity contribution in [2.24, 2.45) is 0 Å². The summed E-state index contributed by atoms with van der Waals surface area (Å²) in [6.45, 7) is 2.66. The van der Waals surface area contributed by atoms with E-state index in [0.29, 0.717) is 18.9 Å². The van der Waals surface area contributed by atoms with Crippen LogP contribution in [0, 0.1) is 0 Å². The molecule has 0 aromatic heterocycles. The summed E-state index contributed by atoms with van der Waals surface area (Å²) in [7, 11) is 0. The molecule has 33 heavy (non-hydrogen) atoms. The van der Waals surface area contributed by atoms with E-state index in [4.69, 9.17) is 4.74 Å². The molecule has 6 heteroatoms. The first-order valence-electron chi connectivity index (χ1n) is 11.4. The Hall–Kier alpha value is -3.80. The van der Waals surface area contributed by atoms with E-state index in [2.05, 4.69) is 34.5 Å². The number of carbonyl (C=O) groups is 2. The van der Waals surface area contributed by atoms with Crippen molar-refractivity contribution in [1.82, 2.24) is 0 Å². The van der Waals surface area contributed by atoms with Gasteiger partial charge in [0.05, 0.1) is 12.2 Å². The number of ether oxygens (including phenoxy) is 1. The van der Waals surface area contributed by atoms with Crippen LogP contribution < -0.4 is 19.9 Å². The molecule has 3 aromatic rings. The number of para-hydroxylation sites is 4. The Labute approximate surface area is 193 Å². The highest BCUT2D eigenvalue weighted by Crippen LogP contribution is 2.32. The third-order valence-electron chi connectivity index (χ3n) is 6.23. The number of nitrogens with one attached hydrogen (secondary N) is 1. The average molecular weight is 442 g/mol. The predicted octanol–water partition coefficient (Wildman–Crippen LogP) is 4.39. The van der Waals surface area contributed by atoms with Crippen molar-refractivity contribution in [3.8, 4) is 5.75 Å². The summed E-state index contributed by atoms with van der Waals surface area (Å²) in [5.74, 6) is 0.487. The van der Waals surface area contributed by atoms with Crippen molar-refractivity contribution in [3.63, 3.8) is 0 Å². The summed E-state index contributed by atoms with van der Waals surface area (Å²) in [5.41, 5.74) is 5.26. The molecule has 0 fully saturated rings. The fourth-order valence-electron chi connectivity index (χ4n) is 4.55. The zero-order valence-corrected chi connectivity index (χ0v) is 18.5. The van der Waals surface area contributed by atoms with Gasteiger partial charge >= 0.3 is 0 Å². The normalized spacial score (nSPS) is 14.3. The van der Waals surface area contributed by atoms with E-state index in [0.717, 1.165) is 36.4 Å². The van der Waals surface area contributed by atoms with Gasteiger partial charge in [-0.05, 0) is 41.8 Å².